The van der Waals surface area contributed by atoms with E-state index in [0.717, 1.165) is 30.2 Å². The van der Waals surface area contributed by atoms with Crippen molar-refractivity contribution in [1.29, 1.82) is 0 Å². The van der Waals surface area contributed by atoms with Gasteiger partial charge >= 0.3 is 0 Å². The summed E-state index contributed by atoms with van der Waals surface area (Å²) in [7, 11) is 0. The maximum atomic E-state index is 9.31. The van der Waals surface area contributed by atoms with Gasteiger partial charge < -0.3 is 10.4 Å². The molecule has 2 unspecified atom stereocenters. The summed E-state index contributed by atoms with van der Waals surface area (Å²) in [6, 6.07) is 2.10. The second-order valence-corrected chi connectivity index (χ2v) is 6.61. The number of aliphatic hydroxyl groups is 1. The molecule has 0 saturated heterocycles. The van der Waals surface area contributed by atoms with Gasteiger partial charge in [-0.3, -0.25) is 0 Å². The Morgan fingerprint density at radius 2 is 2.21 bits per heavy atom. The molecular weight excluding hydrogens is 276 g/mol. The smallest absolute Gasteiger partial charge is 0.124 e. The molecular formula is C14H20N2OS2. The van der Waals surface area contributed by atoms with Gasteiger partial charge in [0.2, 0.25) is 0 Å². The fraction of sp³-hybridized carbons (Fsp3) is 0.500. The van der Waals surface area contributed by atoms with Gasteiger partial charge in [-0.1, -0.05) is 6.92 Å². The molecule has 0 aliphatic heterocycles. The summed E-state index contributed by atoms with van der Waals surface area (Å²) in [5.41, 5.74) is 2.30. The summed E-state index contributed by atoms with van der Waals surface area (Å²) in [6.45, 7) is 5.70. The molecule has 2 rings (SSSR count). The van der Waals surface area contributed by atoms with Gasteiger partial charge in [0.05, 0.1) is 11.8 Å². The molecule has 19 heavy (non-hydrogen) atoms. The van der Waals surface area contributed by atoms with Crippen LogP contribution < -0.4 is 5.32 Å². The van der Waals surface area contributed by atoms with Gasteiger partial charge in [-0.15, -0.1) is 11.3 Å². The third-order valence-corrected chi connectivity index (χ3v) is 4.49. The first-order valence-corrected chi connectivity index (χ1v) is 8.33. The summed E-state index contributed by atoms with van der Waals surface area (Å²) in [5, 5.41) is 20.1. The molecule has 2 aromatic rings. The number of thiazole rings is 1. The topological polar surface area (TPSA) is 45.1 Å². The van der Waals surface area contributed by atoms with Crippen LogP contribution in [0.4, 0.5) is 0 Å². The number of aromatic nitrogens is 1. The molecule has 5 heteroatoms. The highest BCUT2D eigenvalue weighted by molar-refractivity contribution is 7.14. The monoisotopic (exact) mass is 296 g/mol. The summed E-state index contributed by atoms with van der Waals surface area (Å²) in [6.07, 6.45) is 0.616. The Kier molecular flexibility index (Phi) is 5.51. The lowest BCUT2D eigenvalue weighted by Crippen LogP contribution is -2.23. The van der Waals surface area contributed by atoms with Crippen LogP contribution in [0.15, 0.2) is 22.2 Å². The Labute approximate surface area is 122 Å². The first-order valence-electron chi connectivity index (χ1n) is 6.51. The highest BCUT2D eigenvalue weighted by atomic mass is 32.1. The molecule has 0 saturated carbocycles. The Bertz CT molecular complexity index is 479. The summed E-state index contributed by atoms with van der Waals surface area (Å²) < 4.78 is 0. The molecule has 0 bridgehead atoms. The van der Waals surface area contributed by atoms with Crippen molar-refractivity contribution in [2.24, 2.45) is 5.92 Å². The van der Waals surface area contributed by atoms with Crippen molar-refractivity contribution in [3.05, 3.63) is 27.9 Å². The Morgan fingerprint density at radius 3 is 2.89 bits per heavy atom. The van der Waals surface area contributed by atoms with E-state index in [2.05, 4.69) is 39.4 Å². The molecule has 3 nitrogen and oxygen atoms in total. The van der Waals surface area contributed by atoms with Crippen LogP contribution in [0.1, 0.15) is 26.0 Å². The average Bonchev–Trinajstić information content (AvgIpc) is 2.97. The molecule has 0 fully saturated rings. The highest BCUT2D eigenvalue weighted by Crippen LogP contribution is 2.25. The van der Waals surface area contributed by atoms with Crippen molar-refractivity contribution >= 4 is 22.7 Å². The minimum Gasteiger partial charge on any atom is -0.393 e. The molecule has 0 aliphatic rings. The van der Waals surface area contributed by atoms with Crippen LogP contribution in [0.5, 0.6) is 0 Å². The normalized spacial score (nSPS) is 14.5. The van der Waals surface area contributed by atoms with Crippen molar-refractivity contribution in [3.63, 3.8) is 0 Å². The SMILES string of the molecule is CC(O)CC(C)CNCc1csc(-c2ccsc2)n1. The van der Waals surface area contributed by atoms with Crippen molar-refractivity contribution < 1.29 is 5.11 Å². The van der Waals surface area contributed by atoms with E-state index in [9.17, 15) is 5.11 Å². The number of nitrogens with zero attached hydrogens (tertiary/aromatic N) is 1. The van der Waals surface area contributed by atoms with Crippen LogP contribution in [-0.4, -0.2) is 22.7 Å². The molecule has 0 radical (unpaired) electrons. The second kappa shape index (κ2) is 7.14. The third-order valence-electron chi connectivity index (χ3n) is 2.86. The molecule has 104 valence electrons. The van der Waals surface area contributed by atoms with Gasteiger partial charge in [0.25, 0.3) is 0 Å². The van der Waals surface area contributed by atoms with Crippen LogP contribution in [0.2, 0.25) is 0 Å². The van der Waals surface area contributed by atoms with Crippen molar-refractivity contribution in [2.75, 3.05) is 6.54 Å². The fourth-order valence-corrected chi connectivity index (χ4v) is 3.55. The molecule has 2 heterocycles. The van der Waals surface area contributed by atoms with Gasteiger partial charge in [-0.25, -0.2) is 4.98 Å². The molecule has 2 aromatic heterocycles. The fourth-order valence-electron chi connectivity index (χ4n) is 2.02. The zero-order chi connectivity index (χ0) is 13.7. The number of rotatable bonds is 7. The predicted molar refractivity (Wildman–Crippen MR) is 82.6 cm³/mol. The summed E-state index contributed by atoms with van der Waals surface area (Å²) in [4.78, 5) is 4.62. The van der Waals surface area contributed by atoms with E-state index in [1.165, 1.54) is 5.56 Å². The highest BCUT2D eigenvalue weighted by Gasteiger charge is 2.07. The van der Waals surface area contributed by atoms with E-state index in [1.807, 2.05) is 6.92 Å². The Morgan fingerprint density at radius 1 is 1.37 bits per heavy atom. The molecule has 0 aromatic carbocycles. The van der Waals surface area contributed by atoms with E-state index in [1.54, 1.807) is 22.7 Å². The lowest BCUT2D eigenvalue weighted by Gasteiger charge is -2.13. The minimum atomic E-state index is -0.221. The van der Waals surface area contributed by atoms with E-state index < -0.39 is 0 Å². The zero-order valence-electron chi connectivity index (χ0n) is 11.3. The first kappa shape index (κ1) is 14.7. The lowest BCUT2D eigenvalue weighted by atomic mass is 10.1. The minimum absolute atomic E-state index is 0.221. The second-order valence-electron chi connectivity index (χ2n) is 4.98. The lowest BCUT2D eigenvalue weighted by molar-refractivity contribution is 0.163. The van der Waals surface area contributed by atoms with Crippen molar-refractivity contribution in [1.82, 2.24) is 10.3 Å². The van der Waals surface area contributed by atoms with Gasteiger partial charge in [-0.05, 0) is 37.3 Å². The first-order chi connectivity index (χ1) is 9.15. The number of aliphatic hydroxyl groups excluding tert-OH is 1. The van der Waals surface area contributed by atoms with Gasteiger partial charge in [-0.2, -0.15) is 11.3 Å². The van der Waals surface area contributed by atoms with Gasteiger partial charge in [0.1, 0.15) is 5.01 Å². The molecule has 0 spiro atoms. The van der Waals surface area contributed by atoms with Crippen molar-refractivity contribution in [3.8, 4) is 10.6 Å². The largest absolute Gasteiger partial charge is 0.393 e. The molecule has 0 amide bonds. The number of hydrogen-bond acceptors (Lipinski definition) is 5. The van der Waals surface area contributed by atoms with E-state index in [0.29, 0.717) is 5.92 Å². The standard InChI is InChI=1S/C14H20N2OS2/c1-10(5-11(2)17)6-15-7-13-9-19-14(16-13)12-3-4-18-8-12/h3-4,8-11,15,17H,5-7H2,1-2H3. The Hall–Kier alpha value is -0.750. The predicted octanol–water partition coefficient (Wildman–Crippen LogP) is 3.37. The van der Waals surface area contributed by atoms with E-state index >= 15 is 0 Å². The Balaban J connectivity index is 1.78. The third kappa shape index (κ3) is 4.69. The number of nitrogens with one attached hydrogen (secondary N) is 1. The van der Waals surface area contributed by atoms with Crippen LogP contribution in [-0.2, 0) is 6.54 Å². The number of hydrogen-bond donors (Lipinski definition) is 2. The van der Waals surface area contributed by atoms with Crippen molar-refractivity contribution in [2.45, 2.75) is 32.9 Å². The van der Waals surface area contributed by atoms with E-state index in [-0.39, 0.29) is 6.10 Å². The van der Waals surface area contributed by atoms with E-state index in [4.69, 9.17) is 0 Å². The number of thiophene rings is 1. The average molecular weight is 296 g/mol. The molecule has 2 atom stereocenters. The summed E-state index contributed by atoms with van der Waals surface area (Å²) in [5.74, 6) is 0.481. The quantitative estimate of drug-likeness (QED) is 0.823. The maximum Gasteiger partial charge on any atom is 0.124 e. The molecule has 0 aliphatic carbocycles. The molecule has 2 N–H and O–H groups in total. The van der Waals surface area contributed by atoms with Crippen LogP contribution in [0.3, 0.4) is 0 Å². The van der Waals surface area contributed by atoms with Crippen LogP contribution in [0.25, 0.3) is 10.6 Å². The van der Waals surface area contributed by atoms with Gasteiger partial charge in [0, 0.05) is 22.9 Å². The summed E-state index contributed by atoms with van der Waals surface area (Å²) >= 11 is 3.39. The maximum absolute atomic E-state index is 9.31. The van der Waals surface area contributed by atoms with Gasteiger partial charge in [0.15, 0.2) is 0 Å². The van der Waals surface area contributed by atoms with Crippen LogP contribution >= 0.6 is 22.7 Å². The zero-order valence-corrected chi connectivity index (χ0v) is 12.9. The van der Waals surface area contributed by atoms with Crippen LogP contribution in [0, 0.1) is 5.92 Å².